The lowest BCUT2D eigenvalue weighted by Crippen LogP contribution is -2.09. The van der Waals surface area contributed by atoms with Gasteiger partial charge >= 0.3 is 5.97 Å². The quantitative estimate of drug-likeness (QED) is 0.793. The monoisotopic (exact) mass is 274 g/mol. The van der Waals surface area contributed by atoms with E-state index < -0.39 is 0 Å². The normalized spacial score (nSPS) is 10.1. The number of benzene rings is 1. The number of carbonyl (C=O) groups excluding carboxylic acids is 1. The predicted molar refractivity (Wildman–Crippen MR) is 59.2 cm³/mol. The molecule has 0 aliphatic carbocycles. The Labute approximate surface area is 96.6 Å². The lowest BCUT2D eigenvalue weighted by molar-refractivity contribution is -0.142. The van der Waals surface area contributed by atoms with Gasteiger partial charge in [0.05, 0.1) is 13.0 Å². The van der Waals surface area contributed by atoms with Crippen molar-refractivity contribution in [1.82, 2.24) is 0 Å². The Balaban J connectivity index is 2.89. The topological polar surface area (TPSA) is 26.3 Å². The van der Waals surface area contributed by atoms with E-state index in [1.54, 1.807) is 6.92 Å². The summed E-state index contributed by atoms with van der Waals surface area (Å²) in [5.74, 6) is -0.690. The summed E-state index contributed by atoms with van der Waals surface area (Å²) in [5, 5.41) is 0. The van der Waals surface area contributed by atoms with Crippen LogP contribution in [0, 0.1) is 12.7 Å². The summed E-state index contributed by atoms with van der Waals surface area (Å²) in [5.41, 5.74) is 1.52. The van der Waals surface area contributed by atoms with E-state index in [1.165, 1.54) is 12.1 Å². The maximum absolute atomic E-state index is 13.1. The Hall–Kier alpha value is -0.900. The third kappa shape index (κ3) is 3.30. The third-order valence-corrected chi connectivity index (χ3v) is 2.88. The number of esters is 1. The molecule has 0 bridgehead atoms. The fraction of sp³-hybridized carbons (Fsp3) is 0.364. The van der Waals surface area contributed by atoms with Crippen molar-refractivity contribution in [3.05, 3.63) is 33.5 Å². The zero-order valence-corrected chi connectivity index (χ0v) is 10.2. The van der Waals surface area contributed by atoms with Gasteiger partial charge < -0.3 is 4.74 Å². The number of halogens is 2. The molecule has 0 saturated heterocycles. The molecule has 82 valence electrons. The average molecular weight is 275 g/mol. The number of hydrogen-bond acceptors (Lipinski definition) is 2. The molecule has 0 atom stereocenters. The van der Waals surface area contributed by atoms with E-state index >= 15 is 0 Å². The van der Waals surface area contributed by atoms with Gasteiger partial charge in [-0.3, -0.25) is 4.79 Å². The van der Waals surface area contributed by atoms with Crippen LogP contribution in [0.5, 0.6) is 0 Å². The lowest BCUT2D eigenvalue weighted by Gasteiger charge is -2.07. The van der Waals surface area contributed by atoms with Gasteiger partial charge in [-0.15, -0.1) is 0 Å². The number of rotatable bonds is 3. The molecule has 15 heavy (non-hydrogen) atoms. The van der Waals surface area contributed by atoms with Crippen LogP contribution in [0.2, 0.25) is 0 Å². The minimum atomic E-state index is -0.355. The Morgan fingerprint density at radius 2 is 2.20 bits per heavy atom. The average Bonchev–Trinajstić information content (AvgIpc) is 2.13. The molecule has 0 radical (unpaired) electrons. The van der Waals surface area contributed by atoms with E-state index in [4.69, 9.17) is 4.74 Å². The molecule has 0 saturated carbocycles. The Morgan fingerprint density at radius 3 is 2.80 bits per heavy atom. The highest BCUT2D eigenvalue weighted by molar-refractivity contribution is 9.10. The lowest BCUT2D eigenvalue weighted by atomic mass is 10.1. The van der Waals surface area contributed by atoms with Crippen molar-refractivity contribution < 1.29 is 13.9 Å². The summed E-state index contributed by atoms with van der Waals surface area (Å²) in [4.78, 5) is 11.2. The molecule has 0 amide bonds. The van der Waals surface area contributed by atoms with E-state index in [-0.39, 0.29) is 18.2 Å². The van der Waals surface area contributed by atoms with E-state index in [0.717, 1.165) is 5.56 Å². The summed E-state index contributed by atoms with van der Waals surface area (Å²) < 4.78 is 18.5. The molecule has 0 aliphatic rings. The van der Waals surface area contributed by atoms with Crippen LogP contribution in [0.15, 0.2) is 16.6 Å². The molecule has 0 aliphatic heterocycles. The zero-order valence-electron chi connectivity index (χ0n) is 8.64. The van der Waals surface area contributed by atoms with Gasteiger partial charge in [0.15, 0.2) is 0 Å². The van der Waals surface area contributed by atoms with Crippen molar-refractivity contribution in [3.63, 3.8) is 0 Å². The summed E-state index contributed by atoms with van der Waals surface area (Å²) in [6.45, 7) is 3.92. The van der Waals surface area contributed by atoms with Crippen molar-refractivity contribution >= 4 is 21.9 Å². The van der Waals surface area contributed by atoms with Crippen molar-refractivity contribution in [2.24, 2.45) is 0 Å². The fourth-order valence-electron chi connectivity index (χ4n) is 1.25. The van der Waals surface area contributed by atoms with Crippen molar-refractivity contribution in [2.75, 3.05) is 6.61 Å². The molecule has 0 spiro atoms. The van der Waals surface area contributed by atoms with Crippen LogP contribution < -0.4 is 0 Å². The molecule has 0 unspecified atom stereocenters. The summed E-state index contributed by atoms with van der Waals surface area (Å²) in [6.07, 6.45) is 0.107. The number of carbonyl (C=O) groups is 1. The summed E-state index contributed by atoms with van der Waals surface area (Å²) >= 11 is 3.23. The first-order chi connectivity index (χ1) is 7.04. The van der Waals surface area contributed by atoms with Crippen LogP contribution in [-0.2, 0) is 16.0 Å². The summed E-state index contributed by atoms with van der Waals surface area (Å²) in [7, 11) is 0. The molecule has 1 aromatic carbocycles. The summed E-state index contributed by atoms with van der Waals surface area (Å²) in [6, 6.07) is 2.74. The highest BCUT2D eigenvalue weighted by Crippen LogP contribution is 2.22. The van der Waals surface area contributed by atoms with Gasteiger partial charge in [0.25, 0.3) is 0 Å². The van der Waals surface area contributed by atoms with Crippen LogP contribution in [0.1, 0.15) is 18.1 Å². The highest BCUT2D eigenvalue weighted by atomic mass is 79.9. The van der Waals surface area contributed by atoms with Crippen LogP contribution in [0.3, 0.4) is 0 Å². The van der Waals surface area contributed by atoms with Gasteiger partial charge in [0.2, 0.25) is 0 Å². The molecule has 1 aromatic rings. The molecular weight excluding hydrogens is 263 g/mol. The molecule has 4 heteroatoms. The largest absolute Gasteiger partial charge is 0.466 e. The minimum absolute atomic E-state index is 0.107. The standard InChI is InChI=1S/C11H12BrFO2/c1-3-15-11(14)5-8-4-9(13)6-10(12)7(8)2/h4,6H,3,5H2,1-2H3. The van der Waals surface area contributed by atoms with Crippen molar-refractivity contribution in [3.8, 4) is 0 Å². The van der Waals surface area contributed by atoms with Crippen LogP contribution in [-0.4, -0.2) is 12.6 Å². The smallest absolute Gasteiger partial charge is 0.310 e. The third-order valence-electron chi connectivity index (χ3n) is 2.06. The number of ether oxygens (including phenoxy) is 1. The highest BCUT2D eigenvalue weighted by Gasteiger charge is 2.10. The number of hydrogen-bond donors (Lipinski definition) is 0. The Kier molecular flexibility index (Phi) is 4.27. The van der Waals surface area contributed by atoms with Gasteiger partial charge in [-0.05, 0) is 37.1 Å². The maximum Gasteiger partial charge on any atom is 0.310 e. The molecule has 1 rings (SSSR count). The van der Waals surface area contributed by atoms with E-state index in [0.29, 0.717) is 16.6 Å². The van der Waals surface area contributed by atoms with Crippen LogP contribution >= 0.6 is 15.9 Å². The molecule has 0 fully saturated rings. The van der Waals surface area contributed by atoms with Gasteiger partial charge in [0.1, 0.15) is 5.82 Å². The second-order valence-corrected chi connectivity index (χ2v) is 4.01. The maximum atomic E-state index is 13.1. The van der Waals surface area contributed by atoms with Gasteiger partial charge in [-0.2, -0.15) is 0 Å². The molecule has 0 aromatic heterocycles. The molecule has 0 N–H and O–H groups in total. The van der Waals surface area contributed by atoms with Gasteiger partial charge in [-0.1, -0.05) is 15.9 Å². The van der Waals surface area contributed by atoms with E-state index in [1.807, 2.05) is 6.92 Å². The first-order valence-electron chi connectivity index (χ1n) is 4.64. The fourth-order valence-corrected chi connectivity index (χ4v) is 1.72. The van der Waals surface area contributed by atoms with Crippen molar-refractivity contribution in [2.45, 2.75) is 20.3 Å². The van der Waals surface area contributed by atoms with Gasteiger partial charge in [-0.25, -0.2) is 4.39 Å². The van der Waals surface area contributed by atoms with Crippen molar-refractivity contribution in [1.29, 1.82) is 0 Å². The molecular formula is C11H12BrFO2. The second kappa shape index (κ2) is 5.26. The second-order valence-electron chi connectivity index (χ2n) is 3.15. The first-order valence-corrected chi connectivity index (χ1v) is 5.44. The van der Waals surface area contributed by atoms with E-state index in [9.17, 15) is 9.18 Å². The zero-order chi connectivity index (χ0) is 11.4. The van der Waals surface area contributed by atoms with Crippen LogP contribution in [0.25, 0.3) is 0 Å². The van der Waals surface area contributed by atoms with Gasteiger partial charge in [0, 0.05) is 4.47 Å². The molecule has 2 nitrogen and oxygen atoms in total. The minimum Gasteiger partial charge on any atom is -0.466 e. The predicted octanol–water partition coefficient (Wildman–Crippen LogP) is 3.00. The molecule has 0 heterocycles. The SMILES string of the molecule is CCOC(=O)Cc1cc(F)cc(Br)c1C. The van der Waals surface area contributed by atoms with Crippen LogP contribution in [0.4, 0.5) is 4.39 Å². The van der Waals surface area contributed by atoms with E-state index in [2.05, 4.69) is 15.9 Å². The Morgan fingerprint density at radius 1 is 1.53 bits per heavy atom. The Bertz CT molecular complexity index is 377. The first kappa shape index (κ1) is 12.2.